The van der Waals surface area contributed by atoms with Gasteiger partial charge in [-0.3, -0.25) is 0 Å². The highest BCUT2D eigenvalue weighted by Crippen LogP contribution is 2.31. The number of benzene rings is 1. The molecule has 0 aliphatic rings. The molecule has 5 heteroatoms. The van der Waals surface area contributed by atoms with Gasteiger partial charge in [0.1, 0.15) is 6.79 Å². The normalized spacial score (nSPS) is 13.2. The molecule has 3 nitrogen and oxygen atoms in total. The van der Waals surface area contributed by atoms with Crippen molar-refractivity contribution in [2.24, 2.45) is 11.8 Å². The van der Waals surface area contributed by atoms with Gasteiger partial charge in [0.15, 0.2) is 4.34 Å². The van der Waals surface area contributed by atoms with Gasteiger partial charge in [0.25, 0.3) is 0 Å². The van der Waals surface area contributed by atoms with Gasteiger partial charge in [-0.2, -0.15) is 0 Å². The lowest BCUT2D eigenvalue weighted by Crippen LogP contribution is -2.19. The second-order valence-electron chi connectivity index (χ2n) is 5.04. The molecule has 0 N–H and O–H groups in total. The number of nitrogens with zero attached hydrogens (tertiary/aromatic N) is 1. The molecule has 2 rings (SSSR count). The number of para-hydroxylation sites is 1. The average molecular weight is 311 g/mol. The molecule has 0 spiro atoms. The molecule has 0 saturated carbocycles. The lowest BCUT2D eigenvalue weighted by Gasteiger charge is -2.19. The number of fused-ring (bicyclic) bond motifs is 1. The van der Waals surface area contributed by atoms with Crippen LogP contribution in [0, 0.1) is 11.8 Å². The molecule has 0 aliphatic carbocycles. The van der Waals surface area contributed by atoms with Crippen LogP contribution in [0.5, 0.6) is 0 Å². The van der Waals surface area contributed by atoms with Crippen molar-refractivity contribution < 1.29 is 9.47 Å². The van der Waals surface area contributed by atoms with Crippen LogP contribution in [0.25, 0.3) is 10.2 Å². The van der Waals surface area contributed by atoms with Gasteiger partial charge >= 0.3 is 0 Å². The zero-order valence-corrected chi connectivity index (χ0v) is 13.8. The molecule has 0 bridgehead atoms. The van der Waals surface area contributed by atoms with E-state index in [9.17, 15) is 0 Å². The summed E-state index contributed by atoms with van der Waals surface area (Å²) in [7, 11) is 1.65. The van der Waals surface area contributed by atoms with E-state index in [2.05, 4.69) is 37.0 Å². The van der Waals surface area contributed by atoms with Gasteiger partial charge in [-0.15, -0.1) is 11.3 Å². The van der Waals surface area contributed by atoms with E-state index in [1.807, 2.05) is 17.8 Å². The van der Waals surface area contributed by atoms with E-state index in [0.717, 1.165) is 22.2 Å². The van der Waals surface area contributed by atoms with Crippen LogP contribution in [-0.4, -0.2) is 31.2 Å². The number of hydrogen-bond acceptors (Lipinski definition) is 5. The third-order valence-corrected chi connectivity index (χ3v) is 5.54. The molecular weight excluding hydrogens is 290 g/mol. The van der Waals surface area contributed by atoms with Crippen molar-refractivity contribution in [3.05, 3.63) is 24.3 Å². The van der Waals surface area contributed by atoms with Crippen LogP contribution in [0.2, 0.25) is 0 Å². The van der Waals surface area contributed by atoms with E-state index in [-0.39, 0.29) is 0 Å². The number of methoxy groups -OCH3 is 1. The Morgan fingerprint density at radius 2 is 2.10 bits per heavy atom. The second-order valence-corrected chi connectivity index (χ2v) is 7.34. The maximum atomic E-state index is 5.50. The summed E-state index contributed by atoms with van der Waals surface area (Å²) in [6.07, 6.45) is 0. The number of thiazole rings is 1. The van der Waals surface area contributed by atoms with Crippen molar-refractivity contribution in [3.8, 4) is 0 Å². The van der Waals surface area contributed by atoms with E-state index < -0.39 is 0 Å². The third-order valence-electron chi connectivity index (χ3n) is 3.17. The second kappa shape index (κ2) is 7.98. The summed E-state index contributed by atoms with van der Waals surface area (Å²) in [6, 6.07) is 8.28. The van der Waals surface area contributed by atoms with Crippen molar-refractivity contribution in [1.29, 1.82) is 0 Å². The van der Waals surface area contributed by atoms with Crippen molar-refractivity contribution in [2.75, 3.05) is 26.3 Å². The minimum atomic E-state index is 0.370. The van der Waals surface area contributed by atoms with Crippen LogP contribution in [0.4, 0.5) is 0 Å². The lowest BCUT2D eigenvalue weighted by molar-refractivity contribution is -0.0454. The fourth-order valence-electron chi connectivity index (χ4n) is 1.81. The molecule has 0 fully saturated rings. The fourth-order valence-corrected chi connectivity index (χ4v) is 4.21. The molecule has 1 atom stereocenters. The molecule has 0 unspecified atom stereocenters. The van der Waals surface area contributed by atoms with Crippen molar-refractivity contribution in [1.82, 2.24) is 4.98 Å². The standard InChI is InChI=1S/C15H21NO2S2/c1-11(2)12(8-18-10-17-3)9-19-15-16-13-6-4-5-7-14(13)20-15/h4-7,11-12H,8-10H2,1-3H3/t12-/m0/s1. The predicted molar refractivity (Wildman–Crippen MR) is 86.5 cm³/mol. The minimum Gasteiger partial charge on any atom is -0.359 e. The van der Waals surface area contributed by atoms with Crippen LogP contribution in [0.3, 0.4) is 0 Å². The van der Waals surface area contributed by atoms with Gasteiger partial charge < -0.3 is 9.47 Å². The maximum Gasteiger partial charge on any atom is 0.151 e. The zero-order chi connectivity index (χ0) is 14.4. The minimum absolute atomic E-state index is 0.370. The molecule has 2 aromatic rings. The Kier molecular flexibility index (Phi) is 6.29. The van der Waals surface area contributed by atoms with Crippen LogP contribution in [-0.2, 0) is 9.47 Å². The Morgan fingerprint density at radius 3 is 2.80 bits per heavy atom. The first-order chi connectivity index (χ1) is 9.70. The Balaban J connectivity index is 1.91. The average Bonchev–Trinajstić information content (AvgIpc) is 2.85. The van der Waals surface area contributed by atoms with Gasteiger partial charge in [0.05, 0.1) is 16.8 Å². The number of thioether (sulfide) groups is 1. The van der Waals surface area contributed by atoms with Crippen molar-refractivity contribution >= 4 is 33.3 Å². The van der Waals surface area contributed by atoms with Crippen LogP contribution in [0.1, 0.15) is 13.8 Å². The first-order valence-electron chi connectivity index (χ1n) is 6.75. The first kappa shape index (κ1) is 15.8. The molecule has 1 aromatic heterocycles. The zero-order valence-electron chi connectivity index (χ0n) is 12.2. The molecule has 1 heterocycles. The van der Waals surface area contributed by atoms with Gasteiger partial charge in [-0.25, -0.2) is 4.98 Å². The van der Waals surface area contributed by atoms with E-state index in [4.69, 9.17) is 9.47 Å². The molecule has 1 aromatic carbocycles. The summed E-state index contributed by atoms with van der Waals surface area (Å²) in [6.45, 7) is 5.58. The highest BCUT2D eigenvalue weighted by atomic mass is 32.2. The summed E-state index contributed by atoms with van der Waals surface area (Å²) < 4.78 is 12.8. The highest BCUT2D eigenvalue weighted by molar-refractivity contribution is 8.01. The monoisotopic (exact) mass is 311 g/mol. The van der Waals surface area contributed by atoms with Crippen molar-refractivity contribution in [3.63, 3.8) is 0 Å². The lowest BCUT2D eigenvalue weighted by atomic mass is 9.99. The van der Waals surface area contributed by atoms with Crippen LogP contribution >= 0.6 is 23.1 Å². The Labute approximate surface area is 128 Å². The van der Waals surface area contributed by atoms with E-state index in [0.29, 0.717) is 18.6 Å². The van der Waals surface area contributed by atoms with Gasteiger partial charge in [-0.05, 0) is 24.0 Å². The van der Waals surface area contributed by atoms with Crippen LogP contribution < -0.4 is 0 Å². The van der Waals surface area contributed by atoms with E-state index in [1.54, 1.807) is 18.4 Å². The number of aromatic nitrogens is 1. The van der Waals surface area contributed by atoms with Gasteiger partial charge in [-0.1, -0.05) is 37.7 Å². The summed E-state index contributed by atoms with van der Waals surface area (Å²) in [5.41, 5.74) is 1.09. The predicted octanol–water partition coefficient (Wildman–Crippen LogP) is 4.28. The quantitative estimate of drug-likeness (QED) is 0.414. The largest absolute Gasteiger partial charge is 0.359 e. The van der Waals surface area contributed by atoms with Crippen molar-refractivity contribution in [2.45, 2.75) is 18.2 Å². The molecule has 0 radical (unpaired) electrons. The molecule has 0 saturated heterocycles. The summed E-state index contributed by atoms with van der Waals surface area (Å²) in [5, 5.41) is 0. The summed E-state index contributed by atoms with van der Waals surface area (Å²) in [5.74, 6) is 2.14. The first-order valence-corrected chi connectivity index (χ1v) is 8.56. The number of rotatable bonds is 8. The Bertz CT molecular complexity index is 494. The highest BCUT2D eigenvalue weighted by Gasteiger charge is 2.15. The topological polar surface area (TPSA) is 31.4 Å². The van der Waals surface area contributed by atoms with E-state index in [1.165, 1.54) is 4.70 Å². The summed E-state index contributed by atoms with van der Waals surface area (Å²) >= 11 is 3.59. The van der Waals surface area contributed by atoms with Gasteiger partial charge in [0.2, 0.25) is 0 Å². The third kappa shape index (κ3) is 4.45. The molecule has 110 valence electrons. The number of ether oxygens (including phenoxy) is 2. The Hall–Kier alpha value is -0.620. The van der Waals surface area contributed by atoms with Gasteiger partial charge in [0, 0.05) is 12.9 Å². The SMILES string of the molecule is COCOC[C@@H](CSc1nc2ccccc2s1)C(C)C. The number of hydrogen-bond donors (Lipinski definition) is 0. The maximum absolute atomic E-state index is 5.50. The molecule has 20 heavy (non-hydrogen) atoms. The molecule has 0 amide bonds. The fraction of sp³-hybridized carbons (Fsp3) is 0.533. The summed E-state index contributed by atoms with van der Waals surface area (Å²) in [4.78, 5) is 4.66. The molecule has 0 aliphatic heterocycles. The smallest absolute Gasteiger partial charge is 0.151 e. The molecular formula is C15H21NO2S2. The van der Waals surface area contributed by atoms with Crippen LogP contribution in [0.15, 0.2) is 28.6 Å². The van der Waals surface area contributed by atoms with E-state index >= 15 is 0 Å². The Morgan fingerprint density at radius 1 is 1.30 bits per heavy atom.